The molecule has 0 aliphatic rings. The Morgan fingerprint density at radius 3 is 3.07 bits per heavy atom. The highest BCUT2D eigenvalue weighted by molar-refractivity contribution is 9.10. The average Bonchev–Trinajstić information content (AvgIpc) is 2.21. The number of hydrogen-bond donors (Lipinski definition) is 1. The summed E-state index contributed by atoms with van der Waals surface area (Å²) in [4.78, 5) is 14.9. The first-order valence-electron chi connectivity index (χ1n) is 4.25. The zero-order chi connectivity index (χ0) is 11.3. The molecule has 6 heteroatoms. The molecule has 1 aromatic rings. The maximum Gasteiger partial charge on any atom is 0.307 e. The number of pyridine rings is 1. The van der Waals surface area contributed by atoms with Crippen molar-refractivity contribution in [2.75, 3.05) is 19.0 Å². The Labute approximate surface area is 101 Å². The van der Waals surface area contributed by atoms with Crippen molar-refractivity contribution in [2.45, 2.75) is 6.42 Å². The Morgan fingerprint density at radius 2 is 2.47 bits per heavy atom. The Morgan fingerprint density at radius 1 is 1.73 bits per heavy atom. The van der Waals surface area contributed by atoms with E-state index in [2.05, 4.69) is 31.0 Å². The molecule has 0 aliphatic carbocycles. The Kier molecular flexibility index (Phi) is 4.84. The van der Waals surface area contributed by atoms with Gasteiger partial charge in [-0.1, -0.05) is 11.6 Å². The van der Waals surface area contributed by atoms with Gasteiger partial charge >= 0.3 is 5.97 Å². The molecule has 0 unspecified atom stereocenters. The van der Waals surface area contributed by atoms with Crippen molar-refractivity contribution in [3.63, 3.8) is 0 Å². The molecule has 0 bridgehead atoms. The molecule has 1 aromatic heterocycles. The van der Waals surface area contributed by atoms with Gasteiger partial charge in [0.15, 0.2) is 0 Å². The molecular formula is C9H10BrClN2O2. The minimum atomic E-state index is -0.257. The van der Waals surface area contributed by atoms with Crippen LogP contribution >= 0.6 is 27.5 Å². The first-order chi connectivity index (χ1) is 7.13. The lowest BCUT2D eigenvalue weighted by molar-refractivity contribution is -0.140. The summed E-state index contributed by atoms with van der Waals surface area (Å²) in [5, 5.41) is 3.54. The SMILES string of the molecule is COC(=O)CCNc1ncc(Cl)cc1Br. The van der Waals surface area contributed by atoms with Crippen LogP contribution in [0, 0.1) is 0 Å². The summed E-state index contributed by atoms with van der Waals surface area (Å²) < 4.78 is 5.27. The van der Waals surface area contributed by atoms with Gasteiger partial charge in [-0.15, -0.1) is 0 Å². The Balaban J connectivity index is 2.47. The first-order valence-corrected chi connectivity index (χ1v) is 5.42. The number of halogens is 2. The van der Waals surface area contributed by atoms with Crippen LogP contribution in [0.15, 0.2) is 16.7 Å². The number of rotatable bonds is 4. The number of esters is 1. The zero-order valence-electron chi connectivity index (χ0n) is 8.09. The Bertz CT molecular complexity index is 360. The maximum atomic E-state index is 10.8. The van der Waals surface area contributed by atoms with Crippen molar-refractivity contribution >= 4 is 39.3 Å². The van der Waals surface area contributed by atoms with Gasteiger partial charge in [-0.2, -0.15) is 0 Å². The van der Waals surface area contributed by atoms with Gasteiger partial charge in [-0.05, 0) is 22.0 Å². The van der Waals surface area contributed by atoms with Crippen LogP contribution in [0.5, 0.6) is 0 Å². The fraction of sp³-hybridized carbons (Fsp3) is 0.333. The molecule has 0 aliphatic heterocycles. The van der Waals surface area contributed by atoms with Crippen LogP contribution in [-0.4, -0.2) is 24.6 Å². The van der Waals surface area contributed by atoms with Crippen molar-refractivity contribution in [3.8, 4) is 0 Å². The highest BCUT2D eigenvalue weighted by Crippen LogP contribution is 2.22. The van der Waals surface area contributed by atoms with E-state index < -0.39 is 0 Å². The van der Waals surface area contributed by atoms with Crippen LogP contribution in [0.2, 0.25) is 5.02 Å². The molecule has 0 saturated carbocycles. The third-order valence-electron chi connectivity index (χ3n) is 1.66. The summed E-state index contributed by atoms with van der Waals surface area (Å²) in [6.07, 6.45) is 1.83. The molecule has 0 saturated heterocycles. The molecule has 15 heavy (non-hydrogen) atoms. The minimum Gasteiger partial charge on any atom is -0.469 e. The van der Waals surface area contributed by atoms with Gasteiger partial charge < -0.3 is 10.1 Å². The van der Waals surface area contributed by atoms with Gasteiger partial charge in [0.1, 0.15) is 5.82 Å². The van der Waals surface area contributed by atoms with Crippen molar-refractivity contribution in [1.29, 1.82) is 0 Å². The standard InChI is InChI=1S/C9H10BrClN2O2/c1-15-8(14)2-3-12-9-7(10)4-6(11)5-13-9/h4-5H,2-3H2,1H3,(H,12,13). The summed E-state index contributed by atoms with van der Waals surface area (Å²) in [6.45, 7) is 0.472. The van der Waals surface area contributed by atoms with Gasteiger partial charge in [0.05, 0.1) is 23.0 Å². The quantitative estimate of drug-likeness (QED) is 0.867. The van der Waals surface area contributed by atoms with Gasteiger partial charge in [-0.3, -0.25) is 4.79 Å². The van der Waals surface area contributed by atoms with Crippen LogP contribution in [-0.2, 0) is 9.53 Å². The summed E-state index contributed by atoms with van der Waals surface area (Å²) >= 11 is 9.04. The topological polar surface area (TPSA) is 51.2 Å². The zero-order valence-corrected chi connectivity index (χ0v) is 10.4. The van der Waals surface area contributed by atoms with E-state index in [1.807, 2.05) is 0 Å². The van der Waals surface area contributed by atoms with Crippen LogP contribution in [0.25, 0.3) is 0 Å². The number of anilines is 1. The largest absolute Gasteiger partial charge is 0.469 e. The highest BCUT2D eigenvalue weighted by atomic mass is 79.9. The molecule has 4 nitrogen and oxygen atoms in total. The predicted octanol–water partition coefficient (Wildman–Crippen LogP) is 2.47. The fourth-order valence-corrected chi connectivity index (χ4v) is 1.71. The van der Waals surface area contributed by atoms with E-state index >= 15 is 0 Å². The van der Waals surface area contributed by atoms with Crippen LogP contribution in [0.1, 0.15) is 6.42 Å². The number of methoxy groups -OCH3 is 1. The van der Waals surface area contributed by atoms with Crippen molar-refractivity contribution in [1.82, 2.24) is 4.98 Å². The molecule has 0 atom stereocenters. The molecule has 1 rings (SSSR count). The monoisotopic (exact) mass is 292 g/mol. The molecule has 0 fully saturated rings. The van der Waals surface area contributed by atoms with E-state index in [4.69, 9.17) is 11.6 Å². The van der Waals surface area contributed by atoms with Crippen molar-refractivity contribution in [3.05, 3.63) is 21.8 Å². The lowest BCUT2D eigenvalue weighted by Crippen LogP contribution is -2.10. The second-order valence-electron chi connectivity index (χ2n) is 2.74. The molecule has 0 aromatic carbocycles. The van der Waals surface area contributed by atoms with Gasteiger partial charge in [0.2, 0.25) is 0 Å². The van der Waals surface area contributed by atoms with Gasteiger partial charge in [0, 0.05) is 12.7 Å². The molecular weight excluding hydrogens is 283 g/mol. The predicted molar refractivity (Wildman–Crippen MR) is 62.1 cm³/mol. The van der Waals surface area contributed by atoms with E-state index in [1.54, 1.807) is 6.07 Å². The van der Waals surface area contributed by atoms with E-state index in [1.165, 1.54) is 13.3 Å². The number of carbonyl (C=O) groups is 1. The average molecular weight is 294 g/mol. The summed E-state index contributed by atoms with van der Waals surface area (Å²) in [5.74, 6) is 0.399. The molecule has 0 spiro atoms. The molecule has 0 radical (unpaired) electrons. The third-order valence-corrected chi connectivity index (χ3v) is 2.47. The number of nitrogens with zero attached hydrogens (tertiary/aromatic N) is 1. The van der Waals surface area contributed by atoms with Crippen LogP contribution < -0.4 is 5.32 Å². The number of ether oxygens (including phenoxy) is 1. The summed E-state index contributed by atoms with van der Waals surface area (Å²) in [5.41, 5.74) is 0. The van der Waals surface area contributed by atoms with E-state index in [0.717, 1.165) is 4.47 Å². The van der Waals surface area contributed by atoms with Crippen molar-refractivity contribution in [2.24, 2.45) is 0 Å². The van der Waals surface area contributed by atoms with Gasteiger partial charge in [0.25, 0.3) is 0 Å². The second kappa shape index (κ2) is 5.92. The number of nitrogens with one attached hydrogen (secondary N) is 1. The fourth-order valence-electron chi connectivity index (χ4n) is 0.930. The number of aromatic nitrogens is 1. The lowest BCUT2D eigenvalue weighted by atomic mass is 10.4. The number of carbonyl (C=O) groups excluding carboxylic acids is 1. The molecule has 82 valence electrons. The summed E-state index contributed by atoms with van der Waals surface area (Å²) in [6, 6.07) is 1.73. The normalized spacial score (nSPS) is 9.80. The van der Waals surface area contributed by atoms with Crippen LogP contribution in [0.4, 0.5) is 5.82 Å². The van der Waals surface area contributed by atoms with Gasteiger partial charge in [-0.25, -0.2) is 4.98 Å². The number of hydrogen-bond acceptors (Lipinski definition) is 4. The molecule has 1 heterocycles. The first kappa shape index (κ1) is 12.3. The van der Waals surface area contributed by atoms with E-state index in [0.29, 0.717) is 23.8 Å². The Hall–Kier alpha value is -0.810. The molecule has 1 N–H and O–H groups in total. The highest BCUT2D eigenvalue weighted by Gasteiger charge is 2.03. The van der Waals surface area contributed by atoms with E-state index in [9.17, 15) is 4.79 Å². The molecule has 0 amide bonds. The van der Waals surface area contributed by atoms with E-state index in [-0.39, 0.29) is 5.97 Å². The lowest BCUT2D eigenvalue weighted by Gasteiger charge is -2.06. The van der Waals surface area contributed by atoms with Crippen LogP contribution in [0.3, 0.4) is 0 Å². The maximum absolute atomic E-state index is 10.8. The minimum absolute atomic E-state index is 0.257. The second-order valence-corrected chi connectivity index (χ2v) is 4.03. The van der Waals surface area contributed by atoms with Crippen molar-refractivity contribution < 1.29 is 9.53 Å². The smallest absolute Gasteiger partial charge is 0.307 e. The summed E-state index contributed by atoms with van der Waals surface area (Å²) in [7, 11) is 1.36. The third kappa shape index (κ3) is 4.05.